The number of aromatic nitrogens is 1. The second kappa shape index (κ2) is 4.90. The summed E-state index contributed by atoms with van der Waals surface area (Å²) in [5.74, 6) is 0.888. The Morgan fingerprint density at radius 1 is 1.05 bits per heavy atom. The van der Waals surface area contributed by atoms with E-state index in [9.17, 15) is 0 Å². The SMILES string of the molecule is Nc1nc2c(s1)CCOc1ccc(-c3ccccc3)cc1-2. The Balaban J connectivity index is 1.90. The molecule has 1 aromatic heterocycles. The molecule has 0 atom stereocenters. The zero-order chi connectivity index (χ0) is 14.2. The Morgan fingerprint density at radius 2 is 1.90 bits per heavy atom. The van der Waals surface area contributed by atoms with E-state index in [1.807, 2.05) is 24.3 Å². The molecule has 1 aliphatic rings. The molecule has 0 spiro atoms. The lowest BCUT2D eigenvalue weighted by molar-refractivity contribution is 0.327. The lowest BCUT2D eigenvalue weighted by atomic mass is 10.0. The van der Waals surface area contributed by atoms with Crippen molar-refractivity contribution in [3.63, 3.8) is 0 Å². The molecule has 2 heterocycles. The van der Waals surface area contributed by atoms with Gasteiger partial charge in [-0.15, -0.1) is 11.3 Å². The molecule has 2 aromatic carbocycles. The van der Waals surface area contributed by atoms with Crippen molar-refractivity contribution in [2.24, 2.45) is 0 Å². The predicted molar refractivity (Wildman–Crippen MR) is 86.6 cm³/mol. The van der Waals surface area contributed by atoms with E-state index in [1.165, 1.54) is 10.4 Å². The lowest BCUT2D eigenvalue weighted by Crippen LogP contribution is -1.97. The highest BCUT2D eigenvalue weighted by Crippen LogP contribution is 2.40. The monoisotopic (exact) mass is 294 g/mol. The van der Waals surface area contributed by atoms with Crippen LogP contribution in [-0.2, 0) is 6.42 Å². The highest BCUT2D eigenvalue weighted by Gasteiger charge is 2.20. The van der Waals surface area contributed by atoms with Gasteiger partial charge < -0.3 is 10.5 Å². The first-order valence-electron chi connectivity index (χ1n) is 6.89. The maximum absolute atomic E-state index is 5.88. The molecular weight excluding hydrogens is 280 g/mol. The van der Waals surface area contributed by atoms with Crippen molar-refractivity contribution in [3.05, 3.63) is 53.4 Å². The van der Waals surface area contributed by atoms with Gasteiger partial charge >= 0.3 is 0 Å². The Kier molecular flexibility index (Phi) is 2.89. The van der Waals surface area contributed by atoms with Crippen molar-refractivity contribution in [1.82, 2.24) is 4.98 Å². The molecule has 0 aliphatic carbocycles. The Morgan fingerprint density at radius 3 is 2.76 bits per heavy atom. The van der Waals surface area contributed by atoms with E-state index in [0.717, 1.165) is 29.0 Å². The molecule has 0 bridgehead atoms. The van der Waals surface area contributed by atoms with Gasteiger partial charge in [0.1, 0.15) is 5.75 Å². The van der Waals surface area contributed by atoms with Gasteiger partial charge in [-0.1, -0.05) is 36.4 Å². The molecule has 0 saturated heterocycles. The standard InChI is InChI=1S/C17H14N2OS/c18-17-19-16-13-10-12(11-4-2-1-3-5-11)6-7-14(13)20-9-8-15(16)21-17/h1-7,10H,8-9H2,(H2,18,19). The second-order valence-electron chi connectivity index (χ2n) is 5.00. The fourth-order valence-electron chi connectivity index (χ4n) is 2.65. The van der Waals surface area contributed by atoms with Crippen molar-refractivity contribution in [2.45, 2.75) is 6.42 Å². The summed E-state index contributed by atoms with van der Waals surface area (Å²) in [5, 5.41) is 0.623. The summed E-state index contributed by atoms with van der Waals surface area (Å²) in [6.07, 6.45) is 0.861. The van der Waals surface area contributed by atoms with Gasteiger partial charge in [0.15, 0.2) is 5.13 Å². The molecule has 4 heteroatoms. The first-order valence-corrected chi connectivity index (χ1v) is 7.71. The van der Waals surface area contributed by atoms with E-state index in [2.05, 4.69) is 29.2 Å². The van der Waals surface area contributed by atoms with Crippen molar-refractivity contribution in [3.8, 4) is 28.1 Å². The van der Waals surface area contributed by atoms with Gasteiger partial charge in [0.05, 0.1) is 12.3 Å². The Hall–Kier alpha value is -2.33. The molecule has 0 amide bonds. The minimum atomic E-state index is 0.623. The van der Waals surface area contributed by atoms with Crippen LogP contribution in [0.25, 0.3) is 22.4 Å². The summed E-state index contributed by atoms with van der Waals surface area (Å²) in [6.45, 7) is 0.673. The van der Waals surface area contributed by atoms with Crippen LogP contribution in [0.2, 0.25) is 0 Å². The van der Waals surface area contributed by atoms with E-state index < -0.39 is 0 Å². The van der Waals surface area contributed by atoms with E-state index >= 15 is 0 Å². The Labute approximate surface area is 127 Å². The van der Waals surface area contributed by atoms with E-state index in [0.29, 0.717) is 11.7 Å². The number of benzene rings is 2. The first kappa shape index (κ1) is 12.4. The number of ether oxygens (including phenoxy) is 1. The number of nitrogens with zero attached hydrogens (tertiary/aromatic N) is 1. The largest absolute Gasteiger partial charge is 0.493 e. The third-order valence-corrected chi connectivity index (χ3v) is 4.59. The topological polar surface area (TPSA) is 48.1 Å². The average Bonchev–Trinajstić information content (AvgIpc) is 2.81. The van der Waals surface area contributed by atoms with Crippen LogP contribution >= 0.6 is 11.3 Å². The molecule has 0 saturated carbocycles. The molecular formula is C17H14N2OS. The molecule has 4 rings (SSSR count). The van der Waals surface area contributed by atoms with Crippen molar-refractivity contribution in [2.75, 3.05) is 12.3 Å². The molecule has 3 aromatic rings. The third kappa shape index (κ3) is 2.17. The van der Waals surface area contributed by atoms with Crippen LogP contribution in [0.15, 0.2) is 48.5 Å². The van der Waals surface area contributed by atoms with Gasteiger partial charge in [-0.3, -0.25) is 0 Å². The van der Waals surface area contributed by atoms with E-state index in [4.69, 9.17) is 10.5 Å². The molecule has 2 N–H and O–H groups in total. The quantitative estimate of drug-likeness (QED) is 0.738. The fraction of sp³-hybridized carbons (Fsp3) is 0.118. The fourth-order valence-corrected chi connectivity index (χ4v) is 3.48. The summed E-state index contributed by atoms with van der Waals surface area (Å²) >= 11 is 1.56. The van der Waals surface area contributed by atoms with Crippen LogP contribution in [0.4, 0.5) is 5.13 Å². The molecule has 1 aliphatic heterocycles. The lowest BCUT2D eigenvalue weighted by Gasteiger charge is -2.09. The minimum absolute atomic E-state index is 0.623. The number of hydrogen-bond acceptors (Lipinski definition) is 4. The van der Waals surface area contributed by atoms with Crippen molar-refractivity contribution < 1.29 is 4.74 Å². The maximum Gasteiger partial charge on any atom is 0.180 e. The summed E-state index contributed by atoms with van der Waals surface area (Å²) in [6, 6.07) is 16.6. The van der Waals surface area contributed by atoms with Crippen LogP contribution in [-0.4, -0.2) is 11.6 Å². The number of hydrogen-bond donors (Lipinski definition) is 1. The van der Waals surface area contributed by atoms with E-state index in [1.54, 1.807) is 11.3 Å². The number of fused-ring (bicyclic) bond motifs is 3. The number of nitrogens with two attached hydrogens (primary N) is 1. The van der Waals surface area contributed by atoms with Gasteiger partial charge in [-0.25, -0.2) is 4.98 Å². The van der Waals surface area contributed by atoms with Gasteiger partial charge in [-0.2, -0.15) is 0 Å². The number of thiazole rings is 1. The number of anilines is 1. The van der Waals surface area contributed by atoms with E-state index in [-0.39, 0.29) is 0 Å². The second-order valence-corrected chi connectivity index (χ2v) is 6.11. The number of rotatable bonds is 1. The highest BCUT2D eigenvalue weighted by molar-refractivity contribution is 7.15. The van der Waals surface area contributed by atoms with Crippen LogP contribution in [0.3, 0.4) is 0 Å². The normalized spacial score (nSPS) is 13.0. The van der Waals surface area contributed by atoms with Gasteiger partial charge in [-0.05, 0) is 23.3 Å². The molecule has 0 radical (unpaired) electrons. The molecule has 0 unspecified atom stereocenters. The summed E-state index contributed by atoms with van der Waals surface area (Å²) in [5.41, 5.74) is 10.2. The number of nitrogen functional groups attached to an aromatic ring is 1. The van der Waals surface area contributed by atoms with Crippen LogP contribution in [0.1, 0.15) is 4.88 Å². The van der Waals surface area contributed by atoms with Crippen LogP contribution < -0.4 is 10.5 Å². The summed E-state index contributed by atoms with van der Waals surface area (Å²) < 4.78 is 5.85. The van der Waals surface area contributed by atoms with Crippen LogP contribution in [0.5, 0.6) is 5.75 Å². The molecule has 3 nitrogen and oxygen atoms in total. The third-order valence-electron chi connectivity index (χ3n) is 3.64. The smallest absolute Gasteiger partial charge is 0.180 e. The summed E-state index contributed by atoms with van der Waals surface area (Å²) in [4.78, 5) is 5.71. The molecule has 0 fully saturated rings. The average molecular weight is 294 g/mol. The predicted octanol–water partition coefficient (Wildman–Crippen LogP) is 3.99. The minimum Gasteiger partial charge on any atom is -0.493 e. The molecule has 104 valence electrons. The Bertz CT molecular complexity index is 796. The first-order chi connectivity index (χ1) is 10.3. The highest BCUT2D eigenvalue weighted by atomic mass is 32.1. The van der Waals surface area contributed by atoms with Crippen LogP contribution in [0, 0.1) is 0 Å². The van der Waals surface area contributed by atoms with Crippen molar-refractivity contribution >= 4 is 16.5 Å². The van der Waals surface area contributed by atoms with Gasteiger partial charge in [0.25, 0.3) is 0 Å². The van der Waals surface area contributed by atoms with Crippen molar-refractivity contribution in [1.29, 1.82) is 0 Å². The zero-order valence-electron chi connectivity index (χ0n) is 11.4. The van der Waals surface area contributed by atoms with Gasteiger partial charge in [0, 0.05) is 16.9 Å². The molecule has 21 heavy (non-hydrogen) atoms. The maximum atomic E-state index is 5.88. The zero-order valence-corrected chi connectivity index (χ0v) is 12.2. The van der Waals surface area contributed by atoms with Gasteiger partial charge in [0.2, 0.25) is 0 Å². The summed E-state index contributed by atoms with van der Waals surface area (Å²) in [7, 11) is 0.